The molecule has 0 unspecified atom stereocenters. The second-order valence-corrected chi connectivity index (χ2v) is 4.38. The Hall–Kier alpha value is -1.55. The average Bonchev–Trinajstić information content (AvgIpc) is 2.37. The van der Waals surface area contributed by atoms with Crippen molar-refractivity contribution in [1.82, 2.24) is 0 Å². The van der Waals surface area contributed by atoms with Gasteiger partial charge in [-0.2, -0.15) is 0 Å². The number of halogens is 1. The van der Waals surface area contributed by atoms with Crippen LogP contribution < -0.4 is 10.1 Å². The summed E-state index contributed by atoms with van der Waals surface area (Å²) in [4.78, 5) is 23.2. The Kier molecular flexibility index (Phi) is 5.16. The number of methoxy groups -OCH3 is 1. The summed E-state index contributed by atoms with van der Waals surface area (Å²) in [6.45, 7) is 3.59. The molecule has 0 spiro atoms. The van der Waals surface area contributed by atoms with Crippen LogP contribution in [0.3, 0.4) is 0 Å². The molecule has 0 aliphatic heterocycles. The lowest BCUT2D eigenvalue weighted by molar-refractivity contribution is -0.118. The highest BCUT2D eigenvalue weighted by atomic mass is 35.5. The first kappa shape index (κ1) is 14.5. The zero-order valence-corrected chi connectivity index (χ0v) is 11.4. The van der Waals surface area contributed by atoms with Gasteiger partial charge in [-0.1, -0.05) is 13.8 Å². The van der Waals surface area contributed by atoms with E-state index in [0.29, 0.717) is 17.0 Å². The minimum atomic E-state index is -0.242. The lowest BCUT2D eigenvalue weighted by atomic mass is 10.1. The van der Waals surface area contributed by atoms with Crippen LogP contribution in [-0.2, 0) is 4.79 Å². The number of Topliss-reactive ketones (excluding diaryl/α,β-unsaturated/α-hetero) is 1. The van der Waals surface area contributed by atoms with Crippen LogP contribution in [0.15, 0.2) is 18.2 Å². The molecule has 1 N–H and O–H groups in total. The molecule has 5 heteroatoms. The fraction of sp³-hybridized carbons (Fsp3) is 0.385. The lowest BCUT2D eigenvalue weighted by Crippen LogP contribution is -2.18. The molecule has 0 bridgehead atoms. The van der Waals surface area contributed by atoms with E-state index >= 15 is 0 Å². The molecule has 0 fully saturated rings. The number of carbonyl (C=O) groups excluding carboxylic acids is 2. The largest absolute Gasteiger partial charge is 0.496 e. The fourth-order valence-corrected chi connectivity index (χ4v) is 1.51. The van der Waals surface area contributed by atoms with Gasteiger partial charge in [0.05, 0.1) is 18.6 Å². The zero-order valence-electron chi connectivity index (χ0n) is 10.6. The van der Waals surface area contributed by atoms with E-state index in [-0.39, 0.29) is 23.5 Å². The van der Waals surface area contributed by atoms with Crippen molar-refractivity contribution in [2.45, 2.75) is 13.8 Å². The van der Waals surface area contributed by atoms with Crippen LogP contribution in [0.25, 0.3) is 0 Å². The van der Waals surface area contributed by atoms with Gasteiger partial charge in [0.25, 0.3) is 0 Å². The molecule has 1 rings (SSSR count). The molecule has 0 aliphatic rings. The van der Waals surface area contributed by atoms with E-state index in [0.717, 1.165) is 0 Å². The van der Waals surface area contributed by atoms with Gasteiger partial charge in [-0.25, -0.2) is 0 Å². The standard InChI is InChI=1S/C13H16ClNO3/c1-8(2)13(17)15-9-4-5-12(18-3)10(6-9)11(16)7-14/h4-6,8H,7H2,1-3H3,(H,15,17). The van der Waals surface area contributed by atoms with Crippen LogP contribution >= 0.6 is 11.6 Å². The van der Waals surface area contributed by atoms with E-state index < -0.39 is 0 Å². The highest BCUT2D eigenvalue weighted by molar-refractivity contribution is 6.30. The maximum atomic E-state index is 11.6. The van der Waals surface area contributed by atoms with Crippen LogP contribution in [0.2, 0.25) is 0 Å². The van der Waals surface area contributed by atoms with Gasteiger partial charge in [0.2, 0.25) is 5.91 Å². The summed E-state index contributed by atoms with van der Waals surface area (Å²) in [5.41, 5.74) is 0.928. The number of alkyl halides is 1. The number of nitrogens with one attached hydrogen (secondary N) is 1. The zero-order chi connectivity index (χ0) is 13.7. The Balaban J connectivity index is 3.03. The molecule has 4 nitrogen and oxygen atoms in total. The quantitative estimate of drug-likeness (QED) is 0.660. The molecule has 0 saturated carbocycles. The molecule has 18 heavy (non-hydrogen) atoms. The highest BCUT2D eigenvalue weighted by Crippen LogP contribution is 2.23. The summed E-state index contributed by atoms with van der Waals surface area (Å²) in [5, 5.41) is 2.72. The average molecular weight is 270 g/mol. The van der Waals surface area contributed by atoms with Crippen molar-refractivity contribution in [2.75, 3.05) is 18.3 Å². The van der Waals surface area contributed by atoms with E-state index in [4.69, 9.17) is 16.3 Å². The number of hydrogen-bond donors (Lipinski definition) is 1. The van der Waals surface area contributed by atoms with Crippen molar-refractivity contribution in [2.24, 2.45) is 5.92 Å². The maximum Gasteiger partial charge on any atom is 0.226 e. The number of amides is 1. The first-order chi connectivity index (χ1) is 8.49. The predicted octanol–water partition coefficient (Wildman–Crippen LogP) is 2.71. The Morgan fingerprint density at radius 3 is 2.56 bits per heavy atom. The summed E-state index contributed by atoms with van der Waals surface area (Å²) < 4.78 is 5.08. The molecule has 1 amide bonds. The van der Waals surface area contributed by atoms with Crippen molar-refractivity contribution in [3.63, 3.8) is 0 Å². The smallest absolute Gasteiger partial charge is 0.226 e. The van der Waals surface area contributed by atoms with Crippen molar-refractivity contribution in [1.29, 1.82) is 0 Å². The van der Waals surface area contributed by atoms with Crippen molar-refractivity contribution in [3.05, 3.63) is 23.8 Å². The summed E-state index contributed by atoms with van der Waals surface area (Å²) in [7, 11) is 1.48. The van der Waals surface area contributed by atoms with Gasteiger partial charge in [-0.15, -0.1) is 11.6 Å². The van der Waals surface area contributed by atoms with Crippen molar-refractivity contribution < 1.29 is 14.3 Å². The first-order valence-electron chi connectivity index (χ1n) is 5.57. The van der Waals surface area contributed by atoms with Crippen LogP contribution in [0, 0.1) is 5.92 Å². The maximum absolute atomic E-state index is 11.6. The SMILES string of the molecule is COc1ccc(NC(=O)C(C)C)cc1C(=O)CCl. The summed E-state index contributed by atoms with van der Waals surface area (Å²) in [6.07, 6.45) is 0. The molecule has 1 aromatic rings. The lowest BCUT2D eigenvalue weighted by Gasteiger charge is -2.11. The molecule has 98 valence electrons. The van der Waals surface area contributed by atoms with E-state index in [1.54, 1.807) is 32.0 Å². The number of rotatable bonds is 5. The number of benzene rings is 1. The minimum absolute atomic E-state index is 0.107. The molecule has 0 aliphatic carbocycles. The topological polar surface area (TPSA) is 55.4 Å². The highest BCUT2D eigenvalue weighted by Gasteiger charge is 2.14. The molecule has 0 saturated heterocycles. The molecule has 0 radical (unpaired) electrons. The van der Waals surface area contributed by atoms with E-state index in [2.05, 4.69) is 5.32 Å². The fourth-order valence-electron chi connectivity index (χ4n) is 1.36. The third-order valence-corrected chi connectivity index (χ3v) is 2.66. The Morgan fingerprint density at radius 1 is 1.39 bits per heavy atom. The first-order valence-corrected chi connectivity index (χ1v) is 6.11. The molecule has 0 aromatic heterocycles. The number of ketones is 1. The second kappa shape index (κ2) is 6.40. The third-order valence-electron chi connectivity index (χ3n) is 2.41. The number of hydrogen-bond acceptors (Lipinski definition) is 3. The van der Waals surface area contributed by atoms with E-state index in [1.165, 1.54) is 7.11 Å². The number of carbonyl (C=O) groups is 2. The summed E-state index contributed by atoms with van der Waals surface area (Å²) in [5.74, 6) is -0.154. The van der Waals surface area contributed by atoms with Gasteiger partial charge in [0, 0.05) is 11.6 Å². The summed E-state index contributed by atoms with van der Waals surface area (Å²) >= 11 is 5.53. The van der Waals surface area contributed by atoms with E-state index in [1.807, 2.05) is 0 Å². The summed E-state index contributed by atoms with van der Waals surface area (Å²) in [6, 6.07) is 4.89. The molecule has 1 aromatic carbocycles. The Bertz CT molecular complexity index is 458. The van der Waals surface area contributed by atoms with Crippen LogP contribution in [-0.4, -0.2) is 24.7 Å². The normalized spacial score (nSPS) is 10.3. The molecule has 0 heterocycles. The minimum Gasteiger partial charge on any atom is -0.496 e. The van der Waals surface area contributed by atoms with Crippen LogP contribution in [0.5, 0.6) is 5.75 Å². The number of ether oxygens (including phenoxy) is 1. The predicted molar refractivity (Wildman–Crippen MR) is 71.5 cm³/mol. The second-order valence-electron chi connectivity index (χ2n) is 4.12. The van der Waals surface area contributed by atoms with Gasteiger partial charge >= 0.3 is 0 Å². The van der Waals surface area contributed by atoms with Crippen molar-refractivity contribution >= 4 is 29.0 Å². The van der Waals surface area contributed by atoms with Crippen LogP contribution in [0.4, 0.5) is 5.69 Å². The monoisotopic (exact) mass is 269 g/mol. The molecule has 0 atom stereocenters. The Labute approximate surface area is 111 Å². The van der Waals surface area contributed by atoms with Crippen molar-refractivity contribution in [3.8, 4) is 5.75 Å². The van der Waals surface area contributed by atoms with Gasteiger partial charge in [-0.3, -0.25) is 9.59 Å². The Morgan fingerprint density at radius 2 is 2.06 bits per heavy atom. The number of anilines is 1. The van der Waals surface area contributed by atoms with E-state index in [9.17, 15) is 9.59 Å². The van der Waals surface area contributed by atoms with Crippen LogP contribution in [0.1, 0.15) is 24.2 Å². The van der Waals surface area contributed by atoms with Gasteiger partial charge < -0.3 is 10.1 Å². The molecular formula is C13H16ClNO3. The molecular weight excluding hydrogens is 254 g/mol. The van der Waals surface area contributed by atoms with Gasteiger partial charge in [-0.05, 0) is 18.2 Å². The third kappa shape index (κ3) is 3.47. The van der Waals surface area contributed by atoms with Gasteiger partial charge in [0.15, 0.2) is 5.78 Å². The van der Waals surface area contributed by atoms with Gasteiger partial charge in [0.1, 0.15) is 5.75 Å².